The number of anilines is 1. The Kier molecular flexibility index (Phi) is 3.83. The highest BCUT2D eigenvalue weighted by Crippen LogP contribution is 2.33. The molecule has 1 atom stereocenters. The van der Waals surface area contributed by atoms with E-state index in [0.29, 0.717) is 5.92 Å². The van der Waals surface area contributed by atoms with Crippen molar-refractivity contribution in [1.29, 1.82) is 0 Å². The summed E-state index contributed by atoms with van der Waals surface area (Å²) in [6.45, 7) is 0. The number of nitrogens with two attached hydrogens (primary N) is 1. The number of hydrogen-bond acceptors (Lipinski definition) is 2. The fourth-order valence-corrected chi connectivity index (χ4v) is 2.64. The van der Waals surface area contributed by atoms with E-state index in [-0.39, 0.29) is 6.04 Å². The third-order valence-electron chi connectivity index (χ3n) is 3.74. The lowest BCUT2D eigenvalue weighted by Gasteiger charge is -2.27. The van der Waals surface area contributed by atoms with Gasteiger partial charge in [-0.1, -0.05) is 31.4 Å². The first-order valence-electron chi connectivity index (χ1n) is 6.34. The minimum absolute atomic E-state index is 0.228. The average Bonchev–Trinajstić information content (AvgIpc) is 2.39. The average molecular weight is 218 g/mol. The normalized spacial score (nSPS) is 19.4. The molecule has 0 aromatic heterocycles. The molecule has 0 radical (unpaired) electrons. The lowest BCUT2D eigenvalue weighted by molar-refractivity contribution is 0.308. The predicted molar refractivity (Wildman–Crippen MR) is 69.5 cm³/mol. The lowest BCUT2D eigenvalue weighted by Crippen LogP contribution is -2.23. The SMILES string of the molecule is CNc1ccc(C(N)C2CCCCC2)cc1. The highest BCUT2D eigenvalue weighted by Gasteiger charge is 2.21. The molecule has 1 saturated carbocycles. The molecule has 0 amide bonds. The Labute approximate surface area is 98.2 Å². The van der Waals surface area contributed by atoms with Crippen LogP contribution < -0.4 is 11.1 Å². The molecule has 88 valence electrons. The fourth-order valence-electron chi connectivity index (χ4n) is 2.64. The smallest absolute Gasteiger partial charge is 0.0337 e. The van der Waals surface area contributed by atoms with Crippen molar-refractivity contribution in [3.63, 3.8) is 0 Å². The minimum atomic E-state index is 0.228. The molecule has 0 saturated heterocycles. The second-order valence-electron chi connectivity index (χ2n) is 4.80. The summed E-state index contributed by atoms with van der Waals surface area (Å²) >= 11 is 0. The number of rotatable bonds is 3. The molecule has 2 rings (SSSR count). The molecular weight excluding hydrogens is 196 g/mol. The van der Waals surface area contributed by atoms with Crippen molar-refractivity contribution in [1.82, 2.24) is 0 Å². The quantitative estimate of drug-likeness (QED) is 0.817. The van der Waals surface area contributed by atoms with Gasteiger partial charge in [0.25, 0.3) is 0 Å². The van der Waals surface area contributed by atoms with E-state index < -0.39 is 0 Å². The first kappa shape index (κ1) is 11.5. The summed E-state index contributed by atoms with van der Waals surface area (Å²) in [5.74, 6) is 0.689. The lowest BCUT2D eigenvalue weighted by atomic mass is 9.81. The van der Waals surface area contributed by atoms with E-state index in [1.54, 1.807) is 0 Å². The monoisotopic (exact) mass is 218 g/mol. The second-order valence-corrected chi connectivity index (χ2v) is 4.80. The van der Waals surface area contributed by atoms with Crippen molar-refractivity contribution in [2.75, 3.05) is 12.4 Å². The topological polar surface area (TPSA) is 38.0 Å². The van der Waals surface area contributed by atoms with Crippen molar-refractivity contribution >= 4 is 5.69 Å². The molecule has 2 heteroatoms. The number of nitrogens with one attached hydrogen (secondary N) is 1. The Bertz CT molecular complexity index is 312. The van der Waals surface area contributed by atoms with Crippen LogP contribution in [0.3, 0.4) is 0 Å². The van der Waals surface area contributed by atoms with Crippen molar-refractivity contribution in [3.05, 3.63) is 29.8 Å². The van der Waals surface area contributed by atoms with Gasteiger partial charge in [0, 0.05) is 18.8 Å². The summed E-state index contributed by atoms with van der Waals surface area (Å²) in [5.41, 5.74) is 8.78. The van der Waals surface area contributed by atoms with E-state index in [0.717, 1.165) is 5.69 Å². The molecule has 3 N–H and O–H groups in total. The van der Waals surface area contributed by atoms with Crippen LogP contribution in [0.2, 0.25) is 0 Å². The predicted octanol–water partition coefficient (Wildman–Crippen LogP) is 3.31. The summed E-state index contributed by atoms with van der Waals surface area (Å²) in [5, 5.41) is 3.13. The first-order valence-corrected chi connectivity index (χ1v) is 6.34. The van der Waals surface area contributed by atoms with E-state index >= 15 is 0 Å². The van der Waals surface area contributed by atoms with Gasteiger partial charge < -0.3 is 11.1 Å². The summed E-state index contributed by atoms with van der Waals surface area (Å²) in [6, 6.07) is 8.76. The van der Waals surface area contributed by atoms with Crippen molar-refractivity contribution in [3.8, 4) is 0 Å². The van der Waals surface area contributed by atoms with Crippen molar-refractivity contribution in [2.24, 2.45) is 11.7 Å². The number of benzene rings is 1. The minimum Gasteiger partial charge on any atom is -0.388 e. The Morgan fingerprint density at radius 2 is 1.75 bits per heavy atom. The molecule has 0 aliphatic heterocycles. The zero-order chi connectivity index (χ0) is 11.4. The van der Waals surface area contributed by atoms with E-state index in [1.165, 1.54) is 37.7 Å². The van der Waals surface area contributed by atoms with Gasteiger partial charge in [0.05, 0.1) is 0 Å². The summed E-state index contributed by atoms with van der Waals surface area (Å²) in [6.07, 6.45) is 6.70. The van der Waals surface area contributed by atoms with Crippen molar-refractivity contribution in [2.45, 2.75) is 38.1 Å². The van der Waals surface area contributed by atoms with E-state index in [2.05, 4.69) is 29.6 Å². The number of hydrogen-bond donors (Lipinski definition) is 2. The van der Waals surface area contributed by atoms with Gasteiger partial charge in [0.15, 0.2) is 0 Å². The molecule has 1 aliphatic rings. The fraction of sp³-hybridized carbons (Fsp3) is 0.571. The Hall–Kier alpha value is -1.02. The summed E-state index contributed by atoms with van der Waals surface area (Å²) < 4.78 is 0. The van der Waals surface area contributed by atoms with Gasteiger partial charge in [-0.15, -0.1) is 0 Å². The Morgan fingerprint density at radius 1 is 1.12 bits per heavy atom. The highest BCUT2D eigenvalue weighted by molar-refractivity contribution is 5.44. The molecule has 0 spiro atoms. The van der Waals surface area contributed by atoms with Gasteiger partial charge >= 0.3 is 0 Å². The van der Waals surface area contributed by atoms with Crippen LogP contribution in [0.1, 0.15) is 43.7 Å². The zero-order valence-corrected chi connectivity index (χ0v) is 10.1. The van der Waals surface area contributed by atoms with E-state index in [9.17, 15) is 0 Å². The molecule has 1 unspecified atom stereocenters. The maximum absolute atomic E-state index is 6.34. The van der Waals surface area contributed by atoms with Gasteiger partial charge in [-0.3, -0.25) is 0 Å². The molecule has 2 nitrogen and oxygen atoms in total. The van der Waals surface area contributed by atoms with Crippen LogP contribution in [0.15, 0.2) is 24.3 Å². The Balaban J connectivity index is 2.04. The maximum Gasteiger partial charge on any atom is 0.0337 e. The van der Waals surface area contributed by atoms with E-state index in [4.69, 9.17) is 5.73 Å². The van der Waals surface area contributed by atoms with Crippen LogP contribution in [-0.4, -0.2) is 7.05 Å². The third-order valence-corrected chi connectivity index (χ3v) is 3.74. The van der Waals surface area contributed by atoms with Crippen LogP contribution in [0, 0.1) is 5.92 Å². The Morgan fingerprint density at radius 3 is 2.31 bits per heavy atom. The van der Waals surface area contributed by atoms with Crippen LogP contribution in [0.5, 0.6) is 0 Å². The molecule has 0 bridgehead atoms. The summed E-state index contributed by atoms with van der Waals surface area (Å²) in [7, 11) is 1.94. The van der Waals surface area contributed by atoms with Gasteiger partial charge in [-0.25, -0.2) is 0 Å². The zero-order valence-electron chi connectivity index (χ0n) is 10.1. The molecular formula is C14H22N2. The van der Waals surface area contributed by atoms with Gasteiger partial charge in [0.1, 0.15) is 0 Å². The van der Waals surface area contributed by atoms with Crippen LogP contribution >= 0.6 is 0 Å². The third kappa shape index (κ3) is 2.56. The van der Waals surface area contributed by atoms with Crippen LogP contribution in [0.4, 0.5) is 5.69 Å². The molecule has 0 heterocycles. The van der Waals surface area contributed by atoms with Crippen LogP contribution in [-0.2, 0) is 0 Å². The largest absolute Gasteiger partial charge is 0.388 e. The standard InChI is InChI=1S/C14H22N2/c1-16-13-9-7-12(8-10-13)14(15)11-5-3-2-4-6-11/h7-11,14,16H,2-6,15H2,1H3. The second kappa shape index (κ2) is 5.35. The molecule has 1 aromatic carbocycles. The van der Waals surface area contributed by atoms with Crippen molar-refractivity contribution < 1.29 is 0 Å². The summed E-state index contributed by atoms with van der Waals surface area (Å²) in [4.78, 5) is 0. The highest BCUT2D eigenvalue weighted by atomic mass is 14.8. The molecule has 1 fully saturated rings. The first-order chi connectivity index (χ1) is 7.81. The van der Waals surface area contributed by atoms with Gasteiger partial charge in [-0.2, -0.15) is 0 Å². The molecule has 1 aliphatic carbocycles. The van der Waals surface area contributed by atoms with Crippen LogP contribution in [0.25, 0.3) is 0 Å². The van der Waals surface area contributed by atoms with E-state index in [1.807, 2.05) is 7.05 Å². The molecule has 16 heavy (non-hydrogen) atoms. The maximum atomic E-state index is 6.34. The molecule has 1 aromatic rings. The van der Waals surface area contributed by atoms with Gasteiger partial charge in [-0.05, 0) is 36.5 Å². The van der Waals surface area contributed by atoms with Gasteiger partial charge in [0.2, 0.25) is 0 Å².